The summed E-state index contributed by atoms with van der Waals surface area (Å²) >= 11 is 6.08. The number of hydrogen-bond donors (Lipinski definition) is 0. The van der Waals surface area contributed by atoms with Crippen LogP contribution in [0.5, 0.6) is 0 Å². The molecule has 0 N–H and O–H groups in total. The van der Waals surface area contributed by atoms with Gasteiger partial charge in [0.25, 0.3) is 0 Å². The number of halogens is 3. The second kappa shape index (κ2) is 6.12. The van der Waals surface area contributed by atoms with Crippen LogP contribution in [0.2, 0.25) is 5.02 Å². The van der Waals surface area contributed by atoms with Crippen LogP contribution in [0.4, 0.5) is 8.78 Å². The van der Waals surface area contributed by atoms with Crippen LogP contribution in [-0.4, -0.2) is 4.98 Å². The van der Waals surface area contributed by atoms with E-state index in [-0.39, 0.29) is 11.5 Å². The SMILES string of the molecule is Fc1cccc(F)c1/C=C/c1nc(-c2ccccc2Cl)co1. The summed E-state index contributed by atoms with van der Waals surface area (Å²) in [5, 5.41) is 0.548. The first-order valence-electron chi connectivity index (χ1n) is 6.47. The van der Waals surface area contributed by atoms with Crippen molar-refractivity contribution >= 4 is 23.8 Å². The quantitative estimate of drug-likeness (QED) is 0.642. The van der Waals surface area contributed by atoms with Gasteiger partial charge in [-0.2, -0.15) is 0 Å². The third-order valence-corrected chi connectivity index (χ3v) is 3.39. The molecule has 0 fully saturated rings. The minimum atomic E-state index is -0.644. The molecule has 0 amide bonds. The summed E-state index contributed by atoms with van der Waals surface area (Å²) in [6.45, 7) is 0. The number of rotatable bonds is 3. The molecule has 2 aromatic carbocycles. The molecule has 0 radical (unpaired) electrons. The van der Waals surface area contributed by atoms with E-state index >= 15 is 0 Å². The van der Waals surface area contributed by atoms with Crippen LogP contribution in [0.15, 0.2) is 53.1 Å². The zero-order chi connectivity index (χ0) is 15.5. The molecule has 3 aromatic rings. The van der Waals surface area contributed by atoms with E-state index in [1.807, 2.05) is 18.2 Å². The Morgan fingerprint density at radius 3 is 2.41 bits per heavy atom. The monoisotopic (exact) mass is 317 g/mol. The molecule has 5 heteroatoms. The second-order valence-electron chi connectivity index (χ2n) is 4.52. The van der Waals surface area contributed by atoms with Crippen LogP contribution in [0.25, 0.3) is 23.4 Å². The number of benzene rings is 2. The van der Waals surface area contributed by atoms with Crippen LogP contribution in [0.1, 0.15) is 11.5 Å². The van der Waals surface area contributed by atoms with E-state index in [1.165, 1.54) is 36.6 Å². The van der Waals surface area contributed by atoms with Gasteiger partial charge in [-0.05, 0) is 24.3 Å². The maximum atomic E-state index is 13.5. The summed E-state index contributed by atoms with van der Waals surface area (Å²) in [4.78, 5) is 4.23. The van der Waals surface area contributed by atoms with Crippen LogP contribution in [0.3, 0.4) is 0 Å². The average molecular weight is 318 g/mol. The third-order valence-electron chi connectivity index (χ3n) is 3.06. The fourth-order valence-electron chi connectivity index (χ4n) is 1.98. The lowest BCUT2D eigenvalue weighted by atomic mass is 10.2. The van der Waals surface area contributed by atoms with Gasteiger partial charge < -0.3 is 4.42 Å². The van der Waals surface area contributed by atoms with Crippen molar-refractivity contribution < 1.29 is 13.2 Å². The molecule has 1 aromatic heterocycles. The van der Waals surface area contributed by atoms with Gasteiger partial charge in [-0.15, -0.1) is 0 Å². The Kier molecular flexibility index (Phi) is 4.02. The van der Waals surface area contributed by atoms with Crippen molar-refractivity contribution in [3.05, 3.63) is 76.8 Å². The molecule has 1 heterocycles. The first-order chi connectivity index (χ1) is 10.6. The Morgan fingerprint density at radius 1 is 0.955 bits per heavy atom. The Balaban J connectivity index is 1.89. The topological polar surface area (TPSA) is 26.0 Å². The zero-order valence-electron chi connectivity index (χ0n) is 11.3. The molecule has 0 bridgehead atoms. The van der Waals surface area contributed by atoms with Gasteiger partial charge in [0.15, 0.2) is 0 Å². The lowest BCUT2D eigenvalue weighted by Gasteiger charge is -1.97. The van der Waals surface area contributed by atoms with E-state index in [4.69, 9.17) is 16.0 Å². The molecule has 110 valence electrons. The van der Waals surface area contributed by atoms with Crippen molar-refractivity contribution in [1.82, 2.24) is 4.98 Å². The fraction of sp³-hybridized carbons (Fsp3) is 0. The number of aromatic nitrogens is 1. The van der Waals surface area contributed by atoms with E-state index < -0.39 is 11.6 Å². The van der Waals surface area contributed by atoms with Crippen LogP contribution in [-0.2, 0) is 0 Å². The van der Waals surface area contributed by atoms with Crippen molar-refractivity contribution in [3.63, 3.8) is 0 Å². The molecule has 0 aliphatic rings. The van der Waals surface area contributed by atoms with E-state index in [0.29, 0.717) is 10.7 Å². The first-order valence-corrected chi connectivity index (χ1v) is 6.85. The fourth-order valence-corrected chi connectivity index (χ4v) is 2.21. The predicted octanol–water partition coefficient (Wildman–Crippen LogP) is 5.44. The molecule has 0 saturated carbocycles. The average Bonchev–Trinajstić information content (AvgIpc) is 2.96. The highest BCUT2D eigenvalue weighted by Gasteiger charge is 2.09. The lowest BCUT2D eigenvalue weighted by molar-refractivity contribution is 0.547. The van der Waals surface area contributed by atoms with E-state index in [1.54, 1.807) is 6.07 Å². The molecular formula is C17H10ClF2NO. The van der Waals surface area contributed by atoms with E-state index in [2.05, 4.69) is 4.98 Å². The van der Waals surface area contributed by atoms with Crippen LogP contribution in [0, 0.1) is 11.6 Å². The van der Waals surface area contributed by atoms with Gasteiger partial charge in [0.1, 0.15) is 23.6 Å². The standard InChI is InChI=1S/C17H10ClF2NO/c18-13-5-2-1-4-11(13)16-10-22-17(21-16)9-8-12-14(19)6-3-7-15(12)20/h1-10H/b9-8+. The summed E-state index contributed by atoms with van der Waals surface area (Å²) in [5.74, 6) is -1.05. The molecule has 2 nitrogen and oxygen atoms in total. The highest BCUT2D eigenvalue weighted by atomic mass is 35.5. The van der Waals surface area contributed by atoms with Gasteiger partial charge in [0.2, 0.25) is 5.89 Å². The summed E-state index contributed by atoms with van der Waals surface area (Å²) in [6.07, 6.45) is 4.13. The molecule has 0 saturated heterocycles. The molecule has 0 atom stereocenters. The Bertz CT molecular complexity index is 822. The maximum Gasteiger partial charge on any atom is 0.219 e. The number of nitrogens with zero attached hydrogens (tertiary/aromatic N) is 1. The van der Waals surface area contributed by atoms with Crippen molar-refractivity contribution in [2.75, 3.05) is 0 Å². The largest absolute Gasteiger partial charge is 0.444 e. The van der Waals surface area contributed by atoms with Crippen LogP contribution >= 0.6 is 11.6 Å². The third kappa shape index (κ3) is 2.92. The normalized spacial score (nSPS) is 11.2. The first kappa shape index (κ1) is 14.5. The molecule has 22 heavy (non-hydrogen) atoms. The molecule has 0 unspecified atom stereocenters. The van der Waals surface area contributed by atoms with Gasteiger partial charge >= 0.3 is 0 Å². The van der Waals surface area contributed by atoms with E-state index in [0.717, 1.165) is 5.56 Å². The predicted molar refractivity (Wildman–Crippen MR) is 82.2 cm³/mol. The summed E-state index contributed by atoms with van der Waals surface area (Å²) in [6, 6.07) is 10.9. The Morgan fingerprint density at radius 2 is 1.68 bits per heavy atom. The van der Waals surface area contributed by atoms with Crippen molar-refractivity contribution in [1.29, 1.82) is 0 Å². The maximum absolute atomic E-state index is 13.5. The van der Waals surface area contributed by atoms with Crippen molar-refractivity contribution in [2.24, 2.45) is 0 Å². The highest BCUT2D eigenvalue weighted by Crippen LogP contribution is 2.27. The smallest absolute Gasteiger partial charge is 0.219 e. The highest BCUT2D eigenvalue weighted by molar-refractivity contribution is 6.33. The van der Waals surface area contributed by atoms with E-state index in [9.17, 15) is 8.78 Å². The molecule has 0 aliphatic carbocycles. The Labute approximate surface area is 130 Å². The molecule has 0 aliphatic heterocycles. The summed E-state index contributed by atoms with van der Waals surface area (Å²) in [5.41, 5.74) is 1.14. The molecule has 3 rings (SSSR count). The number of hydrogen-bond acceptors (Lipinski definition) is 2. The van der Waals surface area contributed by atoms with Gasteiger partial charge in [-0.3, -0.25) is 0 Å². The van der Waals surface area contributed by atoms with Gasteiger partial charge in [-0.25, -0.2) is 13.8 Å². The molecular weight excluding hydrogens is 308 g/mol. The van der Waals surface area contributed by atoms with Gasteiger partial charge in [0.05, 0.1) is 5.02 Å². The lowest BCUT2D eigenvalue weighted by Crippen LogP contribution is -1.87. The van der Waals surface area contributed by atoms with Gasteiger partial charge in [-0.1, -0.05) is 35.9 Å². The minimum Gasteiger partial charge on any atom is -0.444 e. The summed E-state index contributed by atoms with van der Waals surface area (Å²) < 4.78 is 32.3. The van der Waals surface area contributed by atoms with Crippen molar-refractivity contribution in [2.45, 2.75) is 0 Å². The minimum absolute atomic E-state index is 0.139. The summed E-state index contributed by atoms with van der Waals surface area (Å²) in [7, 11) is 0. The second-order valence-corrected chi connectivity index (χ2v) is 4.93. The van der Waals surface area contributed by atoms with Gasteiger partial charge in [0, 0.05) is 17.2 Å². The zero-order valence-corrected chi connectivity index (χ0v) is 12.0. The number of oxazole rings is 1. The molecule has 0 spiro atoms. The Hall–Kier alpha value is -2.46. The van der Waals surface area contributed by atoms with Crippen molar-refractivity contribution in [3.8, 4) is 11.3 Å². The van der Waals surface area contributed by atoms with Crippen LogP contribution < -0.4 is 0 Å².